The Labute approximate surface area is 98.0 Å². The van der Waals surface area contributed by atoms with Crippen LogP contribution >= 0.6 is 0 Å². The second-order valence-corrected chi connectivity index (χ2v) is 3.51. The van der Waals surface area contributed by atoms with Crippen LogP contribution in [0.1, 0.15) is 21.6 Å². The van der Waals surface area contributed by atoms with E-state index in [4.69, 9.17) is 5.11 Å². The van der Waals surface area contributed by atoms with Crippen LogP contribution < -0.4 is 0 Å². The Morgan fingerprint density at radius 1 is 1.47 bits per heavy atom. The number of hydrogen-bond acceptors (Lipinski definition) is 3. The number of rotatable bonds is 4. The highest BCUT2D eigenvalue weighted by atomic mass is 16.4. The zero-order valence-electron chi connectivity index (χ0n) is 9.08. The molecule has 0 unspecified atom stereocenters. The lowest BCUT2D eigenvalue weighted by molar-refractivity contribution is 0.0690. The Morgan fingerprint density at radius 3 is 2.88 bits per heavy atom. The Hall–Kier alpha value is -2.43. The third-order valence-electron chi connectivity index (χ3n) is 2.37. The van der Waals surface area contributed by atoms with Crippen molar-refractivity contribution in [2.45, 2.75) is 6.54 Å². The van der Waals surface area contributed by atoms with Gasteiger partial charge >= 0.3 is 5.97 Å². The molecule has 0 amide bonds. The summed E-state index contributed by atoms with van der Waals surface area (Å²) in [5, 5.41) is 16.0. The van der Waals surface area contributed by atoms with Gasteiger partial charge in [0.15, 0.2) is 5.69 Å². The fourth-order valence-corrected chi connectivity index (χ4v) is 1.53. The highest BCUT2D eigenvalue weighted by molar-refractivity contribution is 5.84. The highest BCUT2D eigenvalue weighted by Crippen LogP contribution is 2.11. The summed E-state index contributed by atoms with van der Waals surface area (Å²) in [5.41, 5.74) is 1.96. The standard InChI is InChI=1S/C12H11N3O2/c1-2-9-5-3-4-6-10(9)7-15-8-11(12(16)17)13-14-15/h2-6,8H,1,7H2,(H,16,17). The largest absolute Gasteiger partial charge is 0.476 e. The number of aromatic nitrogens is 3. The van der Waals surface area contributed by atoms with Gasteiger partial charge in [-0.1, -0.05) is 42.1 Å². The minimum absolute atomic E-state index is 0.0546. The molecule has 1 N–H and O–H groups in total. The molecule has 1 aromatic carbocycles. The molecule has 0 fully saturated rings. The summed E-state index contributed by atoms with van der Waals surface area (Å²) in [6.07, 6.45) is 3.16. The first kappa shape index (κ1) is 11.1. The molecule has 0 atom stereocenters. The van der Waals surface area contributed by atoms with Crippen LogP contribution in [0.4, 0.5) is 0 Å². The average Bonchev–Trinajstić information content (AvgIpc) is 2.78. The van der Waals surface area contributed by atoms with Crippen molar-refractivity contribution in [3.8, 4) is 0 Å². The van der Waals surface area contributed by atoms with Crippen LogP contribution in [0.5, 0.6) is 0 Å². The normalized spacial score (nSPS) is 10.1. The van der Waals surface area contributed by atoms with E-state index in [1.165, 1.54) is 10.9 Å². The van der Waals surface area contributed by atoms with E-state index in [-0.39, 0.29) is 5.69 Å². The fourth-order valence-electron chi connectivity index (χ4n) is 1.53. The van der Waals surface area contributed by atoms with Crippen molar-refractivity contribution in [2.75, 3.05) is 0 Å². The molecule has 2 aromatic rings. The third kappa shape index (κ3) is 2.39. The van der Waals surface area contributed by atoms with E-state index in [1.807, 2.05) is 24.3 Å². The van der Waals surface area contributed by atoms with Crippen molar-refractivity contribution < 1.29 is 9.90 Å². The van der Waals surface area contributed by atoms with Crippen molar-refractivity contribution in [3.05, 3.63) is 53.9 Å². The van der Waals surface area contributed by atoms with E-state index >= 15 is 0 Å². The predicted octanol–water partition coefficient (Wildman–Crippen LogP) is 1.67. The number of aromatic carboxylic acids is 1. The van der Waals surface area contributed by atoms with E-state index in [1.54, 1.807) is 6.08 Å². The zero-order valence-corrected chi connectivity index (χ0v) is 9.08. The molecule has 86 valence electrons. The number of nitrogens with zero attached hydrogens (tertiary/aromatic N) is 3. The van der Waals surface area contributed by atoms with Gasteiger partial charge in [-0.3, -0.25) is 0 Å². The number of hydrogen-bond donors (Lipinski definition) is 1. The van der Waals surface area contributed by atoms with Gasteiger partial charge in [0.05, 0.1) is 12.7 Å². The summed E-state index contributed by atoms with van der Waals surface area (Å²) >= 11 is 0. The minimum Gasteiger partial charge on any atom is -0.476 e. The monoisotopic (exact) mass is 229 g/mol. The quantitative estimate of drug-likeness (QED) is 0.865. The van der Waals surface area contributed by atoms with Gasteiger partial charge < -0.3 is 5.11 Å². The van der Waals surface area contributed by atoms with E-state index in [0.29, 0.717) is 6.54 Å². The molecular formula is C12H11N3O2. The maximum atomic E-state index is 10.7. The van der Waals surface area contributed by atoms with E-state index in [0.717, 1.165) is 11.1 Å². The summed E-state index contributed by atoms with van der Waals surface area (Å²) < 4.78 is 1.49. The van der Waals surface area contributed by atoms with Crippen LogP contribution in [0.3, 0.4) is 0 Å². The van der Waals surface area contributed by atoms with Crippen LogP contribution in [0.15, 0.2) is 37.0 Å². The maximum Gasteiger partial charge on any atom is 0.358 e. The van der Waals surface area contributed by atoms with Crippen molar-refractivity contribution >= 4 is 12.0 Å². The van der Waals surface area contributed by atoms with Gasteiger partial charge in [-0.2, -0.15) is 0 Å². The first-order chi connectivity index (χ1) is 8.20. The summed E-state index contributed by atoms with van der Waals surface area (Å²) in [5.74, 6) is -1.08. The van der Waals surface area contributed by atoms with Crippen molar-refractivity contribution in [1.29, 1.82) is 0 Å². The summed E-state index contributed by atoms with van der Waals surface area (Å²) in [6.45, 7) is 4.20. The fraction of sp³-hybridized carbons (Fsp3) is 0.0833. The zero-order chi connectivity index (χ0) is 12.3. The van der Waals surface area contributed by atoms with Crippen LogP contribution in [0, 0.1) is 0 Å². The number of carboxylic acid groups (broad SMARTS) is 1. The van der Waals surface area contributed by atoms with Crippen LogP contribution in [-0.2, 0) is 6.54 Å². The van der Waals surface area contributed by atoms with Gasteiger partial charge in [0.25, 0.3) is 0 Å². The summed E-state index contributed by atoms with van der Waals surface area (Å²) in [4.78, 5) is 10.7. The molecule has 1 aromatic heterocycles. The Morgan fingerprint density at radius 2 is 2.24 bits per heavy atom. The third-order valence-corrected chi connectivity index (χ3v) is 2.37. The average molecular weight is 229 g/mol. The molecule has 2 rings (SSSR count). The number of benzene rings is 1. The van der Waals surface area contributed by atoms with Crippen molar-refractivity contribution in [3.63, 3.8) is 0 Å². The lowest BCUT2D eigenvalue weighted by atomic mass is 10.1. The molecule has 0 saturated carbocycles. The van der Waals surface area contributed by atoms with Crippen LogP contribution in [0.2, 0.25) is 0 Å². The van der Waals surface area contributed by atoms with Gasteiger partial charge in [-0.05, 0) is 11.1 Å². The highest BCUT2D eigenvalue weighted by Gasteiger charge is 2.08. The summed E-state index contributed by atoms with van der Waals surface area (Å²) in [6, 6.07) is 7.72. The van der Waals surface area contributed by atoms with Gasteiger partial charge in [-0.25, -0.2) is 9.48 Å². The van der Waals surface area contributed by atoms with Gasteiger partial charge in [0, 0.05) is 0 Å². The van der Waals surface area contributed by atoms with Gasteiger partial charge in [-0.15, -0.1) is 5.10 Å². The molecule has 0 bridgehead atoms. The minimum atomic E-state index is -1.08. The van der Waals surface area contributed by atoms with E-state index < -0.39 is 5.97 Å². The molecule has 0 aliphatic heterocycles. The molecule has 5 heteroatoms. The lowest BCUT2D eigenvalue weighted by Crippen LogP contribution is -2.02. The molecule has 1 heterocycles. The molecular weight excluding hydrogens is 218 g/mol. The Kier molecular flexibility index (Phi) is 3.00. The summed E-state index contributed by atoms with van der Waals surface area (Å²) in [7, 11) is 0. The first-order valence-corrected chi connectivity index (χ1v) is 5.04. The Bertz CT molecular complexity index is 560. The topological polar surface area (TPSA) is 68.0 Å². The van der Waals surface area contributed by atoms with Gasteiger partial charge in [0.2, 0.25) is 0 Å². The predicted molar refractivity (Wildman–Crippen MR) is 62.6 cm³/mol. The van der Waals surface area contributed by atoms with E-state index in [9.17, 15) is 4.79 Å². The molecule has 0 aliphatic carbocycles. The SMILES string of the molecule is C=Cc1ccccc1Cn1cc(C(=O)O)nn1. The van der Waals surface area contributed by atoms with Crippen LogP contribution in [0.25, 0.3) is 6.08 Å². The van der Waals surface area contributed by atoms with Crippen molar-refractivity contribution in [1.82, 2.24) is 15.0 Å². The van der Waals surface area contributed by atoms with Crippen LogP contribution in [-0.4, -0.2) is 26.1 Å². The molecule has 17 heavy (non-hydrogen) atoms. The van der Waals surface area contributed by atoms with Gasteiger partial charge in [0.1, 0.15) is 0 Å². The van der Waals surface area contributed by atoms with E-state index in [2.05, 4.69) is 16.9 Å². The number of carboxylic acids is 1. The molecule has 0 radical (unpaired) electrons. The second-order valence-electron chi connectivity index (χ2n) is 3.51. The van der Waals surface area contributed by atoms with Crippen molar-refractivity contribution in [2.24, 2.45) is 0 Å². The second kappa shape index (κ2) is 4.61. The lowest BCUT2D eigenvalue weighted by Gasteiger charge is -2.04. The molecule has 0 spiro atoms. The smallest absolute Gasteiger partial charge is 0.358 e. The molecule has 0 aliphatic rings. The maximum absolute atomic E-state index is 10.7. The first-order valence-electron chi connectivity index (χ1n) is 5.04. The molecule has 5 nitrogen and oxygen atoms in total. The Balaban J connectivity index is 2.25. The molecule has 0 saturated heterocycles. The number of carbonyl (C=O) groups is 1.